The third kappa shape index (κ3) is 3.94. The van der Waals surface area contributed by atoms with Crippen molar-refractivity contribution in [3.63, 3.8) is 0 Å². The predicted octanol–water partition coefficient (Wildman–Crippen LogP) is 3.11. The molecule has 0 aromatic rings. The number of carbonyl (C=O) groups excluding carboxylic acids is 1. The lowest BCUT2D eigenvalue weighted by Gasteiger charge is -2.40. The second-order valence-electron chi connectivity index (χ2n) is 5.66. The highest BCUT2D eigenvalue weighted by Gasteiger charge is 2.35. The summed E-state index contributed by atoms with van der Waals surface area (Å²) in [4.78, 5) is 14.1. The average molecular weight is 213 g/mol. The molecule has 0 unspecified atom stereocenters. The number of hydrogen-bond donors (Lipinski definition) is 0. The van der Waals surface area contributed by atoms with Gasteiger partial charge in [0.1, 0.15) is 5.78 Å². The molecule has 0 rings (SSSR count). The zero-order chi connectivity index (χ0) is 12.3. The summed E-state index contributed by atoms with van der Waals surface area (Å²) in [6.45, 7) is 13.6. The fraction of sp³-hybridized carbons (Fsp3) is 0.923. The molecular weight excluding hydrogens is 186 g/mol. The minimum atomic E-state index is -0.207. The number of ketones is 1. The van der Waals surface area contributed by atoms with Gasteiger partial charge in [-0.05, 0) is 33.9 Å². The van der Waals surface area contributed by atoms with Gasteiger partial charge in [-0.2, -0.15) is 0 Å². The summed E-state index contributed by atoms with van der Waals surface area (Å²) in [5.74, 6) is 0.361. The van der Waals surface area contributed by atoms with Crippen LogP contribution in [0.5, 0.6) is 0 Å². The molecule has 2 nitrogen and oxygen atoms in total. The molecule has 0 aliphatic rings. The standard InChI is InChI=1S/C13H27NO/c1-8-11(15)12(3,4)10-13(5,6)14(7)9-2/h8-10H2,1-7H3. The third-order valence-corrected chi connectivity index (χ3v) is 3.46. The molecule has 0 radical (unpaired) electrons. The Bertz CT molecular complexity index is 219. The van der Waals surface area contributed by atoms with Gasteiger partial charge in [-0.3, -0.25) is 4.79 Å². The zero-order valence-corrected chi connectivity index (χ0v) is 11.5. The van der Waals surface area contributed by atoms with Crippen LogP contribution >= 0.6 is 0 Å². The molecule has 0 amide bonds. The second-order valence-corrected chi connectivity index (χ2v) is 5.66. The molecule has 0 aliphatic carbocycles. The largest absolute Gasteiger partial charge is 0.301 e. The van der Waals surface area contributed by atoms with Crippen LogP contribution < -0.4 is 0 Å². The van der Waals surface area contributed by atoms with Gasteiger partial charge in [0.05, 0.1) is 0 Å². The molecule has 0 aliphatic heterocycles. The molecule has 0 fully saturated rings. The van der Waals surface area contributed by atoms with Crippen molar-refractivity contribution in [2.75, 3.05) is 13.6 Å². The van der Waals surface area contributed by atoms with Gasteiger partial charge in [-0.15, -0.1) is 0 Å². The first-order chi connectivity index (χ1) is 6.67. The summed E-state index contributed by atoms with van der Waals surface area (Å²) < 4.78 is 0. The smallest absolute Gasteiger partial charge is 0.138 e. The number of carbonyl (C=O) groups is 1. The topological polar surface area (TPSA) is 20.3 Å². The SMILES string of the molecule is CCC(=O)C(C)(C)CC(C)(C)N(C)CC. The van der Waals surface area contributed by atoms with E-state index in [2.05, 4.69) is 46.6 Å². The Morgan fingerprint density at radius 2 is 1.60 bits per heavy atom. The van der Waals surface area contributed by atoms with E-state index in [-0.39, 0.29) is 11.0 Å². The van der Waals surface area contributed by atoms with Crippen molar-refractivity contribution in [3.05, 3.63) is 0 Å². The van der Waals surface area contributed by atoms with E-state index < -0.39 is 0 Å². The van der Waals surface area contributed by atoms with E-state index in [1.165, 1.54) is 0 Å². The molecule has 0 aromatic carbocycles. The Hall–Kier alpha value is -0.370. The maximum Gasteiger partial charge on any atom is 0.138 e. The first-order valence-electron chi connectivity index (χ1n) is 5.92. The lowest BCUT2D eigenvalue weighted by atomic mass is 9.75. The summed E-state index contributed by atoms with van der Waals surface area (Å²) in [6, 6.07) is 0. The van der Waals surface area contributed by atoms with E-state index in [9.17, 15) is 4.79 Å². The molecule has 0 saturated heterocycles. The molecule has 0 heterocycles. The lowest BCUT2D eigenvalue weighted by Crippen LogP contribution is -2.45. The zero-order valence-electron chi connectivity index (χ0n) is 11.5. The summed E-state index contributed by atoms with van der Waals surface area (Å²) in [6.07, 6.45) is 1.55. The van der Waals surface area contributed by atoms with Crippen molar-refractivity contribution < 1.29 is 4.79 Å². The van der Waals surface area contributed by atoms with Crippen molar-refractivity contribution >= 4 is 5.78 Å². The lowest BCUT2D eigenvalue weighted by molar-refractivity contribution is -0.128. The van der Waals surface area contributed by atoms with Crippen LogP contribution in [0.2, 0.25) is 0 Å². The normalized spacial score (nSPS) is 13.3. The van der Waals surface area contributed by atoms with Crippen LogP contribution in [0.4, 0.5) is 0 Å². The average Bonchev–Trinajstić information content (AvgIpc) is 2.13. The van der Waals surface area contributed by atoms with E-state index in [0.717, 1.165) is 13.0 Å². The van der Waals surface area contributed by atoms with Gasteiger partial charge in [0.2, 0.25) is 0 Å². The van der Waals surface area contributed by atoms with Crippen LogP contribution in [-0.2, 0) is 4.79 Å². The van der Waals surface area contributed by atoms with Crippen molar-refractivity contribution in [3.8, 4) is 0 Å². The van der Waals surface area contributed by atoms with Crippen molar-refractivity contribution in [2.24, 2.45) is 5.41 Å². The minimum Gasteiger partial charge on any atom is -0.301 e. The molecule has 15 heavy (non-hydrogen) atoms. The van der Waals surface area contributed by atoms with Gasteiger partial charge >= 0.3 is 0 Å². The van der Waals surface area contributed by atoms with Crippen LogP contribution in [0.3, 0.4) is 0 Å². The molecule has 90 valence electrons. The van der Waals surface area contributed by atoms with Gasteiger partial charge < -0.3 is 4.90 Å². The molecule has 0 aromatic heterocycles. The van der Waals surface area contributed by atoms with Crippen LogP contribution in [-0.4, -0.2) is 29.8 Å². The molecule has 0 bridgehead atoms. The summed E-state index contributed by atoms with van der Waals surface area (Å²) in [5, 5.41) is 0. The highest BCUT2D eigenvalue weighted by atomic mass is 16.1. The van der Waals surface area contributed by atoms with Crippen LogP contribution in [0, 0.1) is 5.41 Å². The highest BCUT2D eigenvalue weighted by Crippen LogP contribution is 2.32. The van der Waals surface area contributed by atoms with Gasteiger partial charge in [0.25, 0.3) is 0 Å². The van der Waals surface area contributed by atoms with Crippen LogP contribution in [0.1, 0.15) is 54.4 Å². The van der Waals surface area contributed by atoms with Gasteiger partial charge in [0.15, 0.2) is 0 Å². The van der Waals surface area contributed by atoms with E-state index in [0.29, 0.717) is 12.2 Å². The summed E-state index contributed by atoms with van der Waals surface area (Å²) >= 11 is 0. The Kier molecular flexibility index (Phi) is 4.98. The van der Waals surface area contributed by atoms with Crippen LogP contribution in [0.15, 0.2) is 0 Å². The monoisotopic (exact) mass is 213 g/mol. The Labute approximate surface area is 95.0 Å². The van der Waals surface area contributed by atoms with Crippen molar-refractivity contribution in [1.82, 2.24) is 4.90 Å². The molecule has 0 N–H and O–H groups in total. The maximum atomic E-state index is 11.8. The number of rotatable bonds is 6. The van der Waals surface area contributed by atoms with Gasteiger partial charge in [-0.25, -0.2) is 0 Å². The molecule has 0 spiro atoms. The van der Waals surface area contributed by atoms with E-state index in [4.69, 9.17) is 0 Å². The van der Waals surface area contributed by atoms with Crippen molar-refractivity contribution in [2.45, 2.75) is 59.9 Å². The first-order valence-corrected chi connectivity index (χ1v) is 5.92. The van der Waals surface area contributed by atoms with E-state index in [1.807, 2.05) is 6.92 Å². The number of hydrogen-bond acceptors (Lipinski definition) is 2. The highest BCUT2D eigenvalue weighted by molar-refractivity contribution is 5.83. The summed E-state index contributed by atoms with van der Waals surface area (Å²) in [5.41, 5.74) is -0.120. The molecule has 2 heteroatoms. The summed E-state index contributed by atoms with van der Waals surface area (Å²) in [7, 11) is 2.12. The fourth-order valence-corrected chi connectivity index (χ4v) is 2.22. The Morgan fingerprint density at radius 3 is 1.93 bits per heavy atom. The quantitative estimate of drug-likeness (QED) is 0.675. The Morgan fingerprint density at radius 1 is 1.13 bits per heavy atom. The number of nitrogens with zero attached hydrogens (tertiary/aromatic N) is 1. The first kappa shape index (κ1) is 14.6. The number of Topliss-reactive ketones (excluding diaryl/α,β-unsaturated/α-hetero) is 1. The van der Waals surface area contributed by atoms with Crippen LogP contribution in [0.25, 0.3) is 0 Å². The van der Waals surface area contributed by atoms with Gasteiger partial charge in [-0.1, -0.05) is 27.7 Å². The molecular formula is C13H27NO. The second kappa shape index (κ2) is 5.11. The Balaban J connectivity index is 4.63. The van der Waals surface area contributed by atoms with Gasteiger partial charge in [0, 0.05) is 17.4 Å². The molecule has 0 saturated carbocycles. The fourth-order valence-electron chi connectivity index (χ4n) is 2.22. The minimum absolute atomic E-state index is 0.0864. The van der Waals surface area contributed by atoms with Crippen molar-refractivity contribution in [1.29, 1.82) is 0 Å². The molecule has 0 atom stereocenters. The predicted molar refractivity (Wildman–Crippen MR) is 66.1 cm³/mol. The third-order valence-electron chi connectivity index (χ3n) is 3.46. The van der Waals surface area contributed by atoms with E-state index >= 15 is 0 Å². The maximum absolute atomic E-state index is 11.8. The van der Waals surface area contributed by atoms with E-state index in [1.54, 1.807) is 0 Å².